The zero-order valence-electron chi connectivity index (χ0n) is 6.19. The molecule has 3 heteroatoms. The average Bonchev–Trinajstić information content (AvgIpc) is 2.19. The maximum absolute atomic E-state index is 10.7. The molecule has 3 nitrogen and oxygen atoms in total. The van der Waals surface area contributed by atoms with Gasteiger partial charge in [0, 0.05) is 0 Å². The van der Waals surface area contributed by atoms with Crippen molar-refractivity contribution >= 4 is 5.78 Å². The standard InChI is InChI=1S/C8H10O3/c1-2-3-5-4-6(9)8(11)7(5)10/h2-4,7-8,10-11H,1H3/b3-2-. The van der Waals surface area contributed by atoms with E-state index in [1.165, 1.54) is 6.08 Å². The van der Waals surface area contributed by atoms with Gasteiger partial charge in [0.25, 0.3) is 0 Å². The highest BCUT2D eigenvalue weighted by molar-refractivity contribution is 5.98. The lowest BCUT2D eigenvalue weighted by Crippen LogP contribution is -2.27. The van der Waals surface area contributed by atoms with Gasteiger partial charge in [0.2, 0.25) is 0 Å². The van der Waals surface area contributed by atoms with Gasteiger partial charge in [-0.15, -0.1) is 0 Å². The smallest absolute Gasteiger partial charge is 0.187 e. The second kappa shape index (κ2) is 2.98. The monoisotopic (exact) mass is 154 g/mol. The molecular formula is C8H10O3. The average molecular weight is 154 g/mol. The second-order valence-corrected chi connectivity index (χ2v) is 2.44. The van der Waals surface area contributed by atoms with Crippen molar-refractivity contribution in [1.29, 1.82) is 0 Å². The molecule has 0 spiro atoms. The van der Waals surface area contributed by atoms with Crippen molar-refractivity contribution in [3.05, 3.63) is 23.8 Å². The minimum atomic E-state index is -1.26. The first-order valence-electron chi connectivity index (χ1n) is 3.41. The van der Waals surface area contributed by atoms with Crippen LogP contribution in [-0.2, 0) is 4.79 Å². The number of allylic oxidation sites excluding steroid dienone is 1. The van der Waals surface area contributed by atoms with Crippen LogP contribution < -0.4 is 0 Å². The van der Waals surface area contributed by atoms with E-state index in [0.717, 1.165) is 0 Å². The van der Waals surface area contributed by atoms with E-state index < -0.39 is 18.0 Å². The highest BCUT2D eigenvalue weighted by Crippen LogP contribution is 2.17. The summed E-state index contributed by atoms with van der Waals surface area (Å²) in [6, 6.07) is 0. The SMILES string of the molecule is C/C=C\C1=CC(=O)C(O)C1O. The topological polar surface area (TPSA) is 57.5 Å². The molecular weight excluding hydrogens is 144 g/mol. The molecule has 0 saturated carbocycles. The molecule has 2 N–H and O–H groups in total. The molecule has 0 aromatic carbocycles. The second-order valence-electron chi connectivity index (χ2n) is 2.44. The van der Waals surface area contributed by atoms with E-state index in [9.17, 15) is 4.79 Å². The predicted molar refractivity (Wildman–Crippen MR) is 39.9 cm³/mol. The van der Waals surface area contributed by atoms with Crippen LogP contribution in [0.15, 0.2) is 23.8 Å². The highest BCUT2D eigenvalue weighted by Gasteiger charge is 2.31. The Morgan fingerprint density at radius 3 is 2.45 bits per heavy atom. The lowest BCUT2D eigenvalue weighted by atomic mass is 10.1. The first kappa shape index (κ1) is 8.17. The maximum Gasteiger partial charge on any atom is 0.187 e. The van der Waals surface area contributed by atoms with Gasteiger partial charge < -0.3 is 10.2 Å². The Bertz CT molecular complexity index is 227. The van der Waals surface area contributed by atoms with Crippen molar-refractivity contribution in [3.8, 4) is 0 Å². The Labute approximate surface area is 64.7 Å². The van der Waals surface area contributed by atoms with Crippen molar-refractivity contribution < 1.29 is 15.0 Å². The number of carbonyl (C=O) groups excluding carboxylic acids is 1. The van der Waals surface area contributed by atoms with E-state index >= 15 is 0 Å². The summed E-state index contributed by atoms with van der Waals surface area (Å²) in [5.41, 5.74) is 0.477. The van der Waals surface area contributed by atoms with Gasteiger partial charge in [-0.25, -0.2) is 0 Å². The van der Waals surface area contributed by atoms with Crippen LogP contribution in [0.4, 0.5) is 0 Å². The maximum atomic E-state index is 10.7. The highest BCUT2D eigenvalue weighted by atomic mass is 16.3. The van der Waals surface area contributed by atoms with E-state index in [2.05, 4.69) is 0 Å². The van der Waals surface area contributed by atoms with Gasteiger partial charge in [-0.05, 0) is 18.6 Å². The van der Waals surface area contributed by atoms with Gasteiger partial charge in [-0.1, -0.05) is 12.2 Å². The van der Waals surface area contributed by atoms with Crippen LogP contribution in [-0.4, -0.2) is 28.2 Å². The number of hydrogen-bond donors (Lipinski definition) is 2. The Morgan fingerprint density at radius 2 is 2.09 bits per heavy atom. The molecule has 0 aliphatic heterocycles. The van der Waals surface area contributed by atoms with Crippen LogP contribution in [0.5, 0.6) is 0 Å². The summed E-state index contributed by atoms with van der Waals surface area (Å²) in [5.74, 6) is -0.425. The molecule has 0 amide bonds. The number of aliphatic hydroxyl groups is 2. The molecule has 0 fully saturated rings. The van der Waals surface area contributed by atoms with E-state index in [0.29, 0.717) is 5.57 Å². The van der Waals surface area contributed by atoms with E-state index in [-0.39, 0.29) is 0 Å². The summed E-state index contributed by atoms with van der Waals surface area (Å²) in [7, 11) is 0. The van der Waals surface area contributed by atoms with Crippen LogP contribution in [0, 0.1) is 0 Å². The van der Waals surface area contributed by atoms with Crippen molar-refractivity contribution in [2.75, 3.05) is 0 Å². The summed E-state index contributed by atoms with van der Waals surface area (Å²) in [6.45, 7) is 1.78. The molecule has 0 bridgehead atoms. The minimum Gasteiger partial charge on any atom is -0.385 e. The van der Waals surface area contributed by atoms with Crippen LogP contribution in [0.25, 0.3) is 0 Å². The zero-order chi connectivity index (χ0) is 8.43. The molecule has 0 radical (unpaired) electrons. The molecule has 2 atom stereocenters. The number of hydrogen-bond acceptors (Lipinski definition) is 3. The summed E-state index contributed by atoms with van der Waals surface area (Å²) >= 11 is 0. The zero-order valence-corrected chi connectivity index (χ0v) is 6.19. The third-order valence-electron chi connectivity index (χ3n) is 1.60. The van der Waals surface area contributed by atoms with Gasteiger partial charge in [0.1, 0.15) is 12.2 Å². The largest absolute Gasteiger partial charge is 0.385 e. The number of ketones is 1. The van der Waals surface area contributed by atoms with Gasteiger partial charge in [0.05, 0.1) is 0 Å². The third-order valence-corrected chi connectivity index (χ3v) is 1.60. The minimum absolute atomic E-state index is 0.425. The van der Waals surface area contributed by atoms with Crippen LogP contribution in [0.3, 0.4) is 0 Å². The molecule has 0 aromatic rings. The van der Waals surface area contributed by atoms with Crippen LogP contribution >= 0.6 is 0 Å². The molecule has 0 saturated heterocycles. The first-order chi connectivity index (χ1) is 5.16. The van der Waals surface area contributed by atoms with Crippen LogP contribution in [0.1, 0.15) is 6.92 Å². The number of rotatable bonds is 1. The fraction of sp³-hybridized carbons (Fsp3) is 0.375. The van der Waals surface area contributed by atoms with Gasteiger partial charge >= 0.3 is 0 Å². The predicted octanol–water partition coefficient (Wildman–Crippen LogP) is -0.207. The normalized spacial score (nSPS) is 31.5. The van der Waals surface area contributed by atoms with E-state index in [1.54, 1.807) is 19.1 Å². The van der Waals surface area contributed by atoms with E-state index in [1.807, 2.05) is 0 Å². The molecule has 1 aliphatic rings. The van der Waals surface area contributed by atoms with Crippen LogP contribution in [0.2, 0.25) is 0 Å². The first-order valence-corrected chi connectivity index (χ1v) is 3.41. The molecule has 0 aromatic heterocycles. The van der Waals surface area contributed by atoms with E-state index in [4.69, 9.17) is 10.2 Å². The summed E-state index contributed by atoms with van der Waals surface area (Å²) in [4.78, 5) is 10.7. The summed E-state index contributed by atoms with van der Waals surface area (Å²) in [5, 5.41) is 18.1. The van der Waals surface area contributed by atoms with Crippen molar-refractivity contribution in [3.63, 3.8) is 0 Å². The van der Waals surface area contributed by atoms with Crippen molar-refractivity contribution in [2.45, 2.75) is 19.1 Å². The Kier molecular flexibility index (Phi) is 2.22. The lowest BCUT2D eigenvalue weighted by Gasteiger charge is -2.07. The van der Waals surface area contributed by atoms with Crippen molar-refractivity contribution in [1.82, 2.24) is 0 Å². The molecule has 2 unspecified atom stereocenters. The van der Waals surface area contributed by atoms with Gasteiger partial charge in [-0.2, -0.15) is 0 Å². The molecule has 11 heavy (non-hydrogen) atoms. The molecule has 1 rings (SSSR count). The Morgan fingerprint density at radius 1 is 1.45 bits per heavy atom. The number of aliphatic hydroxyl groups excluding tert-OH is 2. The van der Waals surface area contributed by atoms with Gasteiger partial charge in [-0.3, -0.25) is 4.79 Å². The Balaban J connectivity index is 2.83. The Hall–Kier alpha value is -0.930. The molecule has 1 aliphatic carbocycles. The lowest BCUT2D eigenvalue weighted by molar-refractivity contribution is -0.124. The molecule has 0 heterocycles. The quantitative estimate of drug-likeness (QED) is 0.549. The third kappa shape index (κ3) is 1.39. The fourth-order valence-corrected chi connectivity index (χ4v) is 1.01. The fourth-order valence-electron chi connectivity index (χ4n) is 1.01. The summed E-state index contributed by atoms with van der Waals surface area (Å²) < 4.78 is 0. The number of carbonyl (C=O) groups is 1. The summed E-state index contributed by atoms with van der Waals surface area (Å²) in [6.07, 6.45) is 2.27. The van der Waals surface area contributed by atoms with Gasteiger partial charge in [0.15, 0.2) is 5.78 Å². The van der Waals surface area contributed by atoms with Crippen molar-refractivity contribution in [2.24, 2.45) is 0 Å². The molecule has 60 valence electrons.